The van der Waals surface area contributed by atoms with Crippen molar-refractivity contribution in [2.75, 3.05) is 5.32 Å². The molecule has 90 valence electrons. The predicted molar refractivity (Wildman–Crippen MR) is 68.5 cm³/mol. The summed E-state index contributed by atoms with van der Waals surface area (Å²) in [4.78, 5) is 0. The third-order valence-electron chi connectivity index (χ3n) is 2.26. The van der Waals surface area contributed by atoms with Gasteiger partial charge in [0.15, 0.2) is 0 Å². The van der Waals surface area contributed by atoms with E-state index in [2.05, 4.69) is 21.2 Å². The van der Waals surface area contributed by atoms with E-state index in [9.17, 15) is 8.78 Å². The van der Waals surface area contributed by atoms with Crippen LogP contribution in [0.15, 0.2) is 40.9 Å². The lowest BCUT2D eigenvalue weighted by Gasteiger charge is -2.09. The van der Waals surface area contributed by atoms with Gasteiger partial charge in [0.2, 0.25) is 0 Å². The van der Waals surface area contributed by atoms with E-state index in [1.165, 1.54) is 12.1 Å². The molecule has 0 saturated carbocycles. The molecule has 0 aromatic heterocycles. The van der Waals surface area contributed by atoms with Gasteiger partial charge in [0.05, 0.1) is 11.6 Å². The summed E-state index contributed by atoms with van der Waals surface area (Å²) in [7, 11) is 0. The highest BCUT2D eigenvalue weighted by molar-refractivity contribution is 9.10. The first kappa shape index (κ1) is 12.5. The van der Waals surface area contributed by atoms with Gasteiger partial charge in [0, 0.05) is 10.2 Å². The van der Waals surface area contributed by atoms with Crippen molar-refractivity contribution in [1.29, 1.82) is 5.26 Å². The van der Waals surface area contributed by atoms with E-state index in [0.717, 1.165) is 12.1 Å². The second-order valence-electron chi connectivity index (χ2n) is 3.56. The predicted octanol–water partition coefficient (Wildman–Crippen LogP) is 4.34. The highest BCUT2D eigenvalue weighted by atomic mass is 79.9. The molecule has 0 fully saturated rings. The molecule has 0 atom stereocenters. The molecule has 0 aliphatic heterocycles. The van der Waals surface area contributed by atoms with Crippen molar-refractivity contribution >= 4 is 27.3 Å². The van der Waals surface area contributed by atoms with Crippen LogP contribution in [0.5, 0.6) is 0 Å². The Kier molecular flexibility index (Phi) is 3.58. The molecule has 5 heteroatoms. The fourth-order valence-corrected chi connectivity index (χ4v) is 1.98. The van der Waals surface area contributed by atoms with E-state index in [1.54, 1.807) is 12.1 Å². The lowest BCUT2D eigenvalue weighted by molar-refractivity contribution is 0.591. The summed E-state index contributed by atoms with van der Waals surface area (Å²) in [6, 6.07) is 10.3. The number of hydrogen-bond acceptors (Lipinski definition) is 2. The van der Waals surface area contributed by atoms with Gasteiger partial charge in [0.1, 0.15) is 17.3 Å². The minimum atomic E-state index is -0.687. The van der Waals surface area contributed by atoms with Gasteiger partial charge in [-0.1, -0.05) is 22.0 Å². The summed E-state index contributed by atoms with van der Waals surface area (Å²) in [6.45, 7) is 0. The van der Waals surface area contributed by atoms with Crippen LogP contribution in [0, 0.1) is 23.0 Å². The topological polar surface area (TPSA) is 35.8 Å². The van der Waals surface area contributed by atoms with Gasteiger partial charge >= 0.3 is 0 Å². The second kappa shape index (κ2) is 5.15. The Hall–Kier alpha value is -1.93. The van der Waals surface area contributed by atoms with Crippen molar-refractivity contribution in [3.05, 3.63) is 58.1 Å². The molecule has 2 aromatic rings. The van der Waals surface area contributed by atoms with Crippen molar-refractivity contribution < 1.29 is 8.78 Å². The van der Waals surface area contributed by atoms with Crippen molar-refractivity contribution in [3.8, 4) is 6.07 Å². The zero-order valence-electron chi connectivity index (χ0n) is 9.05. The molecule has 18 heavy (non-hydrogen) atoms. The normalized spacial score (nSPS) is 9.89. The van der Waals surface area contributed by atoms with Crippen LogP contribution in [0.25, 0.3) is 0 Å². The number of anilines is 2. The molecule has 0 saturated heterocycles. The van der Waals surface area contributed by atoms with Gasteiger partial charge in [-0.05, 0) is 30.3 Å². The number of nitriles is 1. The Morgan fingerprint density at radius 3 is 2.39 bits per heavy atom. The molecule has 2 aromatic carbocycles. The van der Waals surface area contributed by atoms with Crippen LogP contribution in [-0.2, 0) is 0 Å². The molecule has 0 spiro atoms. The van der Waals surface area contributed by atoms with Crippen LogP contribution in [0.3, 0.4) is 0 Å². The Bertz CT molecular complexity index is 615. The molecular weight excluding hydrogens is 302 g/mol. The summed E-state index contributed by atoms with van der Waals surface area (Å²) in [5.41, 5.74) is 0.591. The number of para-hydroxylation sites is 1. The Labute approximate surface area is 111 Å². The SMILES string of the molecule is N#Cc1cc(Br)cc(Nc2c(F)cccc2F)c1. The first-order valence-electron chi connectivity index (χ1n) is 5.02. The lowest BCUT2D eigenvalue weighted by Crippen LogP contribution is -1.97. The number of halogens is 3. The number of benzene rings is 2. The molecule has 2 nitrogen and oxygen atoms in total. The van der Waals surface area contributed by atoms with Crippen molar-refractivity contribution in [3.63, 3.8) is 0 Å². The zero-order valence-corrected chi connectivity index (χ0v) is 10.6. The molecule has 0 aliphatic rings. The Balaban J connectivity index is 2.40. The van der Waals surface area contributed by atoms with E-state index in [0.29, 0.717) is 15.7 Å². The van der Waals surface area contributed by atoms with Crippen LogP contribution in [0.2, 0.25) is 0 Å². The van der Waals surface area contributed by atoms with Crippen molar-refractivity contribution in [2.45, 2.75) is 0 Å². The fourth-order valence-electron chi connectivity index (χ4n) is 1.49. The lowest BCUT2D eigenvalue weighted by atomic mass is 10.2. The molecule has 0 amide bonds. The summed E-state index contributed by atoms with van der Waals surface area (Å²) < 4.78 is 27.5. The number of nitrogens with one attached hydrogen (secondary N) is 1. The van der Waals surface area contributed by atoms with Gasteiger partial charge in [-0.3, -0.25) is 0 Å². The Morgan fingerprint density at radius 1 is 1.11 bits per heavy atom. The highest BCUT2D eigenvalue weighted by Crippen LogP contribution is 2.26. The summed E-state index contributed by atoms with van der Waals surface area (Å²) in [6.07, 6.45) is 0. The third-order valence-corrected chi connectivity index (χ3v) is 2.72. The molecule has 0 heterocycles. The molecule has 2 rings (SSSR count). The summed E-state index contributed by atoms with van der Waals surface area (Å²) in [5, 5.41) is 11.4. The second-order valence-corrected chi connectivity index (χ2v) is 4.48. The average molecular weight is 309 g/mol. The summed E-state index contributed by atoms with van der Waals surface area (Å²) in [5.74, 6) is -1.37. The van der Waals surface area contributed by atoms with E-state index < -0.39 is 11.6 Å². The fraction of sp³-hybridized carbons (Fsp3) is 0. The van der Waals surface area contributed by atoms with E-state index in [4.69, 9.17) is 5.26 Å². The van der Waals surface area contributed by atoms with Gasteiger partial charge in [0.25, 0.3) is 0 Å². The smallest absolute Gasteiger partial charge is 0.149 e. The number of nitrogens with zero attached hydrogens (tertiary/aromatic N) is 1. The van der Waals surface area contributed by atoms with E-state index in [-0.39, 0.29) is 5.69 Å². The van der Waals surface area contributed by atoms with Gasteiger partial charge in [-0.15, -0.1) is 0 Å². The zero-order chi connectivity index (χ0) is 13.1. The van der Waals surface area contributed by atoms with Crippen LogP contribution in [-0.4, -0.2) is 0 Å². The van der Waals surface area contributed by atoms with Crippen LogP contribution in [0.4, 0.5) is 20.2 Å². The maximum atomic E-state index is 13.4. The first-order valence-corrected chi connectivity index (χ1v) is 5.81. The molecular formula is C13H7BrF2N2. The standard InChI is InChI=1S/C13H7BrF2N2/c14-9-4-8(7-17)5-10(6-9)18-13-11(15)2-1-3-12(13)16/h1-6,18H. The quantitative estimate of drug-likeness (QED) is 0.895. The summed E-state index contributed by atoms with van der Waals surface area (Å²) >= 11 is 3.23. The van der Waals surface area contributed by atoms with Crippen LogP contribution < -0.4 is 5.32 Å². The van der Waals surface area contributed by atoms with Crippen molar-refractivity contribution in [1.82, 2.24) is 0 Å². The number of hydrogen-bond donors (Lipinski definition) is 1. The van der Waals surface area contributed by atoms with E-state index >= 15 is 0 Å². The maximum absolute atomic E-state index is 13.4. The van der Waals surface area contributed by atoms with Crippen LogP contribution in [0.1, 0.15) is 5.56 Å². The van der Waals surface area contributed by atoms with Crippen LogP contribution >= 0.6 is 15.9 Å². The minimum Gasteiger partial charge on any atom is -0.351 e. The highest BCUT2D eigenvalue weighted by Gasteiger charge is 2.09. The third kappa shape index (κ3) is 2.66. The van der Waals surface area contributed by atoms with Crippen molar-refractivity contribution in [2.24, 2.45) is 0 Å². The maximum Gasteiger partial charge on any atom is 0.149 e. The molecule has 0 aliphatic carbocycles. The van der Waals surface area contributed by atoms with Gasteiger partial charge in [-0.25, -0.2) is 8.78 Å². The molecule has 0 unspecified atom stereocenters. The van der Waals surface area contributed by atoms with E-state index in [1.807, 2.05) is 6.07 Å². The minimum absolute atomic E-state index is 0.237. The Morgan fingerprint density at radius 2 is 1.78 bits per heavy atom. The largest absolute Gasteiger partial charge is 0.351 e. The van der Waals surface area contributed by atoms with Gasteiger partial charge < -0.3 is 5.32 Å². The average Bonchev–Trinajstić information content (AvgIpc) is 2.33. The van der Waals surface area contributed by atoms with Gasteiger partial charge in [-0.2, -0.15) is 5.26 Å². The monoisotopic (exact) mass is 308 g/mol. The molecule has 0 radical (unpaired) electrons. The number of rotatable bonds is 2. The molecule has 0 bridgehead atoms. The molecule has 1 N–H and O–H groups in total. The first-order chi connectivity index (χ1) is 8.60.